The molecule has 0 radical (unpaired) electrons. The van der Waals surface area contributed by atoms with Crippen LogP contribution in [0.3, 0.4) is 0 Å². The molecule has 0 saturated heterocycles. The van der Waals surface area contributed by atoms with E-state index in [0.29, 0.717) is 0 Å². The molecule has 7 heteroatoms. The summed E-state index contributed by atoms with van der Waals surface area (Å²) in [6.45, 7) is 0. The van der Waals surface area contributed by atoms with E-state index in [1.165, 1.54) is 12.3 Å². The van der Waals surface area contributed by atoms with E-state index < -0.39 is 11.7 Å². The van der Waals surface area contributed by atoms with Gasteiger partial charge in [-0.15, -0.1) is 0 Å². The number of hydrogen-bond acceptors (Lipinski definition) is 4. The first-order valence-electron chi connectivity index (χ1n) is 4.22. The molecule has 0 atom stereocenters. The predicted molar refractivity (Wildman–Crippen MR) is 49.1 cm³/mol. The van der Waals surface area contributed by atoms with Gasteiger partial charge in [0, 0.05) is 18.0 Å². The van der Waals surface area contributed by atoms with Crippen molar-refractivity contribution < 1.29 is 17.7 Å². The summed E-state index contributed by atoms with van der Waals surface area (Å²) in [5, 5.41) is 3.33. The van der Waals surface area contributed by atoms with E-state index >= 15 is 0 Å². The van der Waals surface area contributed by atoms with Gasteiger partial charge in [-0.2, -0.15) is 13.2 Å². The van der Waals surface area contributed by atoms with Crippen LogP contribution in [0.4, 0.5) is 18.9 Å². The second-order valence-electron chi connectivity index (χ2n) is 3.03. The lowest BCUT2D eigenvalue weighted by molar-refractivity contribution is -0.137. The van der Waals surface area contributed by atoms with E-state index in [4.69, 9.17) is 5.73 Å². The predicted octanol–water partition coefficient (Wildman–Crippen LogP) is 2.34. The fourth-order valence-corrected chi connectivity index (χ4v) is 1.27. The van der Waals surface area contributed by atoms with Gasteiger partial charge >= 0.3 is 6.18 Å². The Balaban J connectivity index is 2.62. The van der Waals surface area contributed by atoms with E-state index in [0.717, 1.165) is 12.4 Å². The standard InChI is InChI=1S/C9H6F3N3O/c10-9(11,12)6-3-14-2-1-5(6)8-7(13)4-15-16-8/h1-4H,13H2. The van der Waals surface area contributed by atoms with Crippen LogP contribution in [0, 0.1) is 0 Å². The Kier molecular flexibility index (Phi) is 2.30. The van der Waals surface area contributed by atoms with Crippen LogP contribution in [0.15, 0.2) is 29.2 Å². The second kappa shape index (κ2) is 3.51. The zero-order chi connectivity index (χ0) is 11.8. The number of rotatable bonds is 1. The summed E-state index contributed by atoms with van der Waals surface area (Å²) in [5.41, 5.74) is 4.42. The summed E-state index contributed by atoms with van der Waals surface area (Å²) < 4.78 is 42.6. The highest BCUT2D eigenvalue weighted by Gasteiger charge is 2.35. The quantitative estimate of drug-likeness (QED) is 0.815. The van der Waals surface area contributed by atoms with E-state index in [1.54, 1.807) is 0 Å². The smallest absolute Gasteiger partial charge is 0.394 e. The number of halogens is 3. The van der Waals surface area contributed by atoms with Gasteiger partial charge < -0.3 is 10.3 Å². The molecule has 0 amide bonds. The van der Waals surface area contributed by atoms with Crippen LogP contribution in [0.1, 0.15) is 5.56 Å². The largest absolute Gasteiger partial charge is 0.418 e. The van der Waals surface area contributed by atoms with Crippen molar-refractivity contribution in [2.45, 2.75) is 6.18 Å². The summed E-state index contributed by atoms with van der Waals surface area (Å²) in [7, 11) is 0. The Hall–Kier alpha value is -2.05. The van der Waals surface area contributed by atoms with Crippen molar-refractivity contribution in [1.82, 2.24) is 10.1 Å². The highest BCUT2D eigenvalue weighted by molar-refractivity contribution is 5.72. The molecule has 4 nitrogen and oxygen atoms in total. The second-order valence-corrected chi connectivity index (χ2v) is 3.03. The number of nitrogens with zero attached hydrogens (tertiary/aromatic N) is 2. The molecule has 0 saturated carbocycles. The number of hydrogen-bond donors (Lipinski definition) is 1. The lowest BCUT2D eigenvalue weighted by Gasteiger charge is -2.09. The maximum Gasteiger partial charge on any atom is 0.418 e. The molecule has 0 spiro atoms. The third-order valence-electron chi connectivity index (χ3n) is 1.97. The van der Waals surface area contributed by atoms with Crippen molar-refractivity contribution >= 4 is 5.69 Å². The van der Waals surface area contributed by atoms with Gasteiger partial charge in [0.15, 0.2) is 5.76 Å². The lowest BCUT2D eigenvalue weighted by atomic mass is 10.1. The Labute approximate surface area is 87.9 Å². The van der Waals surface area contributed by atoms with Crippen molar-refractivity contribution in [3.63, 3.8) is 0 Å². The molecule has 0 bridgehead atoms. The zero-order valence-corrected chi connectivity index (χ0v) is 7.82. The Morgan fingerprint density at radius 1 is 1.25 bits per heavy atom. The number of nitrogens with two attached hydrogens (primary N) is 1. The van der Waals surface area contributed by atoms with E-state index in [9.17, 15) is 13.2 Å². The van der Waals surface area contributed by atoms with Gasteiger partial charge in [-0.25, -0.2) is 0 Å². The van der Waals surface area contributed by atoms with Crippen molar-refractivity contribution in [2.75, 3.05) is 5.73 Å². The van der Waals surface area contributed by atoms with Gasteiger partial charge in [0.25, 0.3) is 0 Å². The summed E-state index contributed by atoms with van der Waals surface area (Å²) in [4.78, 5) is 3.43. The SMILES string of the molecule is Nc1cnoc1-c1ccncc1C(F)(F)F. The van der Waals surface area contributed by atoms with Gasteiger partial charge in [-0.1, -0.05) is 5.16 Å². The van der Waals surface area contributed by atoms with Crippen LogP contribution in [-0.4, -0.2) is 10.1 Å². The van der Waals surface area contributed by atoms with Crippen LogP contribution < -0.4 is 5.73 Å². The average Bonchev–Trinajstić information content (AvgIpc) is 2.63. The molecule has 0 fully saturated rings. The average molecular weight is 229 g/mol. The fourth-order valence-electron chi connectivity index (χ4n) is 1.27. The number of pyridine rings is 1. The van der Waals surface area contributed by atoms with Crippen LogP contribution in [0.2, 0.25) is 0 Å². The van der Waals surface area contributed by atoms with Crippen molar-refractivity contribution in [3.05, 3.63) is 30.2 Å². The van der Waals surface area contributed by atoms with Crippen molar-refractivity contribution in [3.8, 4) is 11.3 Å². The van der Waals surface area contributed by atoms with Gasteiger partial charge in [-0.05, 0) is 6.07 Å². The monoisotopic (exact) mass is 229 g/mol. The van der Waals surface area contributed by atoms with Crippen LogP contribution in [-0.2, 0) is 6.18 Å². The zero-order valence-electron chi connectivity index (χ0n) is 7.82. The van der Waals surface area contributed by atoms with Gasteiger partial charge in [-0.3, -0.25) is 4.98 Å². The molecule has 84 valence electrons. The first kappa shape index (κ1) is 10.5. The maximum atomic E-state index is 12.6. The minimum Gasteiger partial charge on any atom is -0.394 e. The molecule has 0 aliphatic carbocycles. The Morgan fingerprint density at radius 2 is 2.00 bits per heavy atom. The minimum absolute atomic E-state index is 0.0525. The molecular weight excluding hydrogens is 223 g/mol. The van der Waals surface area contributed by atoms with Gasteiger partial charge in [0.05, 0.1) is 11.8 Å². The highest BCUT2D eigenvalue weighted by atomic mass is 19.4. The Morgan fingerprint density at radius 3 is 2.56 bits per heavy atom. The molecule has 2 heterocycles. The topological polar surface area (TPSA) is 64.9 Å². The summed E-state index contributed by atoms with van der Waals surface area (Å²) in [6, 6.07) is 1.18. The van der Waals surface area contributed by atoms with Crippen molar-refractivity contribution in [2.24, 2.45) is 0 Å². The maximum absolute atomic E-state index is 12.6. The minimum atomic E-state index is -4.51. The normalized spacial score (nSPS) is 11.7. The number of aromatic nitrogens is 2. The molecule has 2 rings (SSSR count). The third kappa shape index (κ3) is 1.71. The van der Waals surface area contributed by atoms with E-state index in [-0.39, 0.29) is 17.0 Å². The summed E-state index contributed by atoms with van der Waals surface area (Å²) in [6.07, 6.45) is -1.41. The molecule has 16 heavy (non-hydrogen) atoms. The van der Waals surface area contributed by atoms with Gasteiger partial charge in [0.2, 0.25) is 0 Å². The molecule has 2 aromatic rings. The molecule has 0 aromatic carbocycles. The molecular formula is C9H6F3N3O. The molecule has 0 aliphatic heterocycles. The molecule has 2 aromatic heterocycles. The van der Waals surface area contributed by atoms with Gasteiger partial charge in [0.1, 0.15) is 5.69 Å². The van der Waals surface area contributed by atoms with E-state index in [2.05, 4.69) is 14.7 Å². The fraction of sp³-hybridized carbons (Fsp3) is 0.111. The third-order valence-corrected chi connectivity index (χ3v) is 1.97. The van der Waals surface area contributed by atoms with Crippen LogP contribution in [0.25, 0.3) is 11.3 Å². The Bertz CT molecular complexity index is 507. The number of anilines is 1. The molecule has 2 N–H and O–H groups in total. The summed E-state index contributed by atoms with van der Waals surface area (Å²) >= 11 is 0. The number of alkyl halides is 3. The van der Waals surface area contributed by atoms with Crippen molar-refractivity contribution in [1.29, 1.82) is 0 Å². The lowest BCUT2D eigenvalue weighted by Crippen LogP contribution is -2.07. The first-order chi connectivity index (χ1) is 7.50. The highest BCUT2D eigenvalue weighted by Crippen LogP contribution is 2.37. The molecule has 0 aliphatic rings. The first-order valence-corrected chi connectivity index (χ1v) is 4.22. The summed E-state index contributed by atoms with van der Waals surface area (Å²) in [5.74, 6) is -0.102. The van der Waals surface area contributed by atoms with Crippen LogP contribution in [0.5, 0.6) is 0 Å². The number of nitrogen functional groups attached to an aromatic ring is 1. The van der Waals surface area contributed by atoms with E-state index in [1.807, 2.05) is 0 Å². The van der Waals surface area contributed by atoms with Crippen LogP contribution >= 0.6 is 0 Å². The molecule has 0 unspecified atom stereocenters.